The zero-order valence-corrected chi connectivity index (χ0v) is 11.6. The third-order valence-electron chi connectivity index (χ3n) is 3.68. The Morgan fingerprint density at radius 2 is 2.00 bits per heavy atom. The zero-order valence-electron chi connectivity index (χ0n) is 11.6. The first-order valence-electron chi connectivity index (χ1n) is 7.09. The first-order chi connectivity index (χ1) is 8.09. The Bertz CT molecular complexity index is 228. The van der Waals surface area contributed by atoms with Crippen LogP contribution >= 0.6 is 0 Å². The van der Waals surface area contributed by atoms with Crippen molar-refractivity contribution in [2.45, 2.75) is 58.9 Å². The molecule has 3 heteroatoms. The summed E-state index contributed by atoms with van der Waals surface area (Å²) in [5.41, 5.74) is 0. The van der Waals surface area contributed by atoms with E-state index >= 15 is 0 Å². The molecule has 1 aliphatic rings. The summed E-state index contributed by atoms with van der Waals surface area (Å²) in [5, 5.41) is 6.36. The smallest absolute Gasteiger partial charge is 0.233 e. The van der Waals surface area contributed by atoms with E-state index in [1.165, 1.54) is 25.7 Å². The topological polar surface area (TPSA) is 41.1 Å². The van der Waals surface area contributed by atoms with E-state index < -0.39 is 0 Å². The third kappa shape index (κ3) is 6.06. The maximum Gasteiger partial charge on any atom is 0.233 e. The molecule has 2 N–H and O–H groups in total. The van der Waals surface area contributed by atoms with Gasteiger partial charge in [-0.25, -0.2) is 0 Å². The van der Waals surface area contributed by atoms with Crippen molar-refractivity contribution >= 4 is 5.91 Å². The van der Waals surface area contributed by atoms with Crippen LogP contribution in [0, 0.1) is 11.8 Å². The van der Waals surface area contributed by atoms with Crippen LogP contribution in [0.1, 0.15) is 52.9 Å². The van der Waals surface area contributed by atoms with Crippen LogP contribution in [0.5, 0.6) is 0 Å². The van der Waals surface area contributed by atoms with E-state index in [0.29, 0.717) is 24.4 Å². The molecule has 0 bridgehead atoms. The Labute approximate surface area is 106 Å². The number of hydrogen-bond donors (Lipinski definition) is 2. The lowest BCUT2D eigenvalue weighted by Gasteiger charge is -2.29. The van der Waals surface area contributed by atoms with Crippen molar-refractivity contribution in [2.75, 3.05) is 13.1 Å². The molecule has 0 aromatic rings. The minimum Gasteiger partial charge on any atom is -0.355 e. The highest BCUT2D eigenvalue weighted by Crippen LogP contribution is 2.23. The Morgan fingerprint density at radius 1 is 1.29 bits per heavy atom. The summed E-state index contributed by atoms with van der Waals surface area (Å²) in [7, 11) is 0. The van der Waals surface area contributed by atoms with Gasteiger partial charge < -0.3 is 10.6 Å². The van der Waals surface area contributed by atoms with Crippen LogP contribution in [-0.2, 0) is 4.79 Å². The zero-order chi connectivity index (χ0) is 12.7. The molecule has 1 fully saturated rings. The van der Waals surface area contributed by atoms with Crippen molar-refractivity contribution < 1.29 is 4.79 Å². The number of amides is 1. The van der Waals surface area contributed by atoms with Gasteiger partial charge in [-0.2, -0.15) is 0 Å². The van der Waals surface area contributed by atoms with Gasteiger partial charge in [0, 0.05) is 12.6 Å². The first kappa shape index (κ1) is 14.5. The standard InChI is InChI=1S/C14H28N2O/c1-11(2)8-9-15-14(17)10-16-13-7-5-4-6-12(13)3/h11-13,16H,4-10H2,1-3H3,(H,15,17). The van der Waals surface area contributed by atoms with Crippen LogP contribution in [0.25, 0.3) is 0 Å². The molecule has 1 saturated carbocycles. The number of carbonyl (C=O) groups excluding carboxylic acids is 1. The monoisotopic (exact) mass is 240 g/mol. The van der Waals surface area contributed by atoms with E-state index in [2.05, 4.69) is 31.4 Å². The molecule has 0 aromatic heterocycles. The van der Waals surface area contributed by atoms with E-state index in [-0.39, 0.29) is 5.91 Å². The summed E-state index contributed by atoms with van der Waals surface area (Å²) in [6.07, 6.45) is 6.23. The van der Waals surface area contributed by atoms with Gasteiger partial charge in [0.25, 0.3) is 0 Å². The summed E-state index contributed by atoms with van der Waals surface area (Å²) in [6, 6.07) is 0.541. The molecule has 1 amide bonds. The molecule has 1 aliphatic carbocycles. The van der Waals surface area contributed by atoms with Crippen molar-refractivity contribution in [3.8, 4) is 0 Å². The van der Waals surface area contributed by atoms with Gasteiger partial charge in [0.2, 0.25) is 5.91 Å². The second-order valence-corrected chi connectivity index (χ2v) is 5.78. The van der Waals surface area contributed by atoms with E-state index in [1.807, 2.05) is 0 Å². The van der Waals surface area contributed by atoms with E-state index in [4.69, 9.17) is 0 Å². The summed E-state index contributed by atoms with van der Waals surface area (Å²) in [5.74, 6) is 1.51. The largest absolute Gasteiger partial charge is 0.355 e. The van der Waals surface area contributed by atoms with Crippen molar-refractivity contribution in [1.29, 1.82) is 0 Å². The quantitative estimate of drug-likeness (QED) is 0.748. The van der Waals surface area contributed by atoms with Gasteiger partial charge in [-0.05, 0) is 31.1 Å². The minimum atomic E-state index is 0.142. The fourth-order valence-corrected chi connectivity index (χ4v) is 2.41. The number of carbonyl (C=O) groups is 1. The van der Waals surface area contributed by atoms with Gasteiger partial charge >= 0.3 is 0 Å². The van der Waals surface area contributed by atoms with Gasteiger partial charge in [0.05, 0.1) is 6.54 Å². The van der Waals surface area contributed by atoms with Crippen molar-refractivity contribution in [3.05, 3.63) is 0 Å². The normalized spacial score (nSPS) is 24.9. The second-order valence-electron chi connectivity index (χ2n) is 5.78. The van der Waals surface area contributed by atoms with Gasteiger partial charge in [-0.1, -0.05) is 33.6 Å². The molecule has 0 radical (unpaired) electrons. The highest BCUT2D eigenvalue weighted by atomic mass is 16.1. The third-order valence-corrected chi connectivity index (χ3v) is 3.68. The molecule has 0 heterocycles. The molecular weight excluding hydrogens is 212 g/mol. The first-order valence-corrected chi connectivity index (χ1v) is 7.09. The molecule has 0 aliphatic heterocycles. The highest BCUT2D eigenvalue weighted by molar-refractivity contribution is 5.77. The van der Waals surface area contributed by atoms with E-state index in [1.54, 1.807) is 0 Å². The number of nitrogens with one attached hydrogen (secondary N) is 2. The molecular formula is C14H28N2O. The van der Waals surface area contributed by atoms with E-state index in [9.17, 15) is 4.79 Å². The molecule has 1 rings (SSSR count). The van der Waals surface area contributed by atoms with Crippen LogP contribution in [0.15, 0.2) is 0 Å². The van der Waals surface area contributed by atoms with Crippen LogP contribution < -0.4 is 10.6 Å². The second kappa shape index (κ2) is 7.70. The summed E-state index contributed by atoms with van der Waals surface area (Å²) < 4.78 is 0. The Balaban J connectivity index is 2.10. The summed E-state index contributed by atoms with van der Waals surface area (Å²) >= 11 is 0. The molecule has 0 spiro atoms. The van der Waals surface area contributed by atoms with Crippen molar-refractivity contribution in [1.82, 2.24) is 10.6 Å². The Hall–Kier alpha value is -0.570. The minimum absolute atomic E-state index is 0.142. The molecule has 100 valence electrons. The highest BCUT2D eigenvalue weighted by Gasteiger charge is 2.20. The van der Waals surface area contributed by atoms with Gasteiger partial charge in [0.1, 0.15) is 0 Å². The Morgan fingerprint density at radius 3 is 2.65 bits per heavy atom. The lowest BCUT2D eigenvalue weighted by molar-refractivity contribution is -0.120. The number of rotatable bonds is 6. The molecule has 17 heavy (non-hydrogen) atoms. The predicted molar refractivity (Wildman–Crippen MR) is 71.9 cm³/mol. The average Bonchev–Trinajstić information content (AvgIpc) is 2.27. The van der Waals surface area contributed by atoms with Crippen molar-refractivity contribution in [3.63, 3.8) is 0 Å². The van der Waals surface area contributed by atoms with Crippen LogP contribution in [0.2, 0.25) is 0 Å². The maximum absolute atomic E-state index is 11.6. The van der Waals surface area contributed by atoms with Crippen molar-refractivity contribution in [2.24, 2.45) is 11.8 Å². The molecule has 0 aromatic carbocycles. The van der Waals surface area contributed by atoms with Gasteiger partial charge in [0.15, 0.2) is 0 Å². The fourth-order valence-electron chi connectivity index (χ4n) is 2.41. The van der Waals surface area contributed by atoms with Crippen LogP contribution in [0.3, 0.4) is 0 Å². The van der Waals surface area contributed by atoms with Crippen LogP contribution in [0.4, 0.5) is 0 Å². The van der Waals surface area contributed by atoms with Crippen LogP contribution in [-0.4, -0.2) is 25.0 Å². The summed E-state index contributed by atoms with van der Waals surface area (Å²) in [4.78, 5) is 11.6. The van der Waals surface area contributed by atoms with Gasteiger partial charge in [-0.15, -0.1) is 0 Å². The average molecular weight is 240 g/mol. The van der Waals surface area contributed by atoms with E-state index in [0.717, 1.165) is 13.0 Å². The lowest BCUT2D eigenvalue weighted by Crippen LogP contribution is -2.43. The maximum atomic E-state index is 11.6. The molecule has 2 atom stereocenters. The molecule has 3 nitrogen and oxygen atoms in total. The SMILES string of the molecule is CC(C)CCNC(=O)CNC1CCCCC1C. The summed E-state index contributed by atoms with van der Waals surface area (Å²) in [6.45, 7) is 7.92. The lowest BCUT2D eigenvalue weighted by atomic mass is 9.86. The number of hydrogen-bond acceptors (Lipinski definition) is 2. The molecule has 2 unspecified atom stereocenters. The fraction of sp³-hybridized carbons (Fsp3) is 0.929. The Kier molecular flexibility index (Phi) is 6.56. The van der Waals surface area contributed by atoms with Gasteiger partial charge in [-0.3, -0.25) is 4.79 Å². The molecule has 0 saturated heterocycles. The predicted octanol–water partition coefficient (Wildman–Crippen LogP) is 2.32.